The molecular weight excluding hydrogens is 397 g/mol. The minimum atomic E-state index is -3.76. The monoisotopic (exact) mass is 421 g/mol. The van der Waals surface area contributed by atoms with Gasteiger partial charge in [-0.2, -0.15) is 0 Å². The minimum Gasteiger partial charge on any atom is -0.378 e. The molecule has 1 saturated heterocycles. The number of sulfonamides is 1. The molecule has 1 unspecified atom stereocenters. The second-order valence-electron chi connectivity index (χ2n) is 6.85. The van der Waals surface area contributed by atoms with Crippen LogP contribution in [0.15, 0.2) is 48.5 Å². The Hall–Kier alpha value is -2.65. The summed E-state index contributed by atoms with van der Waals surface area (Å²) < 4.78 is 44.1. The summed E-state index contributed by atoms with van der Waals surface area (Å²) in [7, 11) is -3.76. The fourth-order valence-electron chi connectivity index (χ4n) is 3.22. The molecule has 1 atom stereocenters. The van der Waals surface area contributed by atoms with Crippen LogP contribution in [-0.2, 0) is 19.6 Å². The first kappa shape index (κ1) is 21.1. The number of rotatable bonds is 6. The largest absolute Gasteiger partial charge is 0.378 e. The number of nitrogens with zero attached hydrogens (tertiary/aromatic N) is 2. The topological polar surface area (TPSA) is 79.0 Å². The first-order valence-corrected chi connectivity index (χ1v) is 11.1. The van der Waals surface area contributed by atoms with E-state index < -0.39 is 27.8 Å². The van der Waals surface area contributed by atoms with Crippen molar-refractivity contribution >= 4 is 33.0 Å². The van der Waals surface area contributed by atoms with E-state index in [4.69, 9.17) is 4.74 Å². The molecule has 3 rings (SSSR count). The van der Waals surface area contributed by atoms with Crippen LogP contribution in [0.5, 0.6) is 0 Å². The highest BCUT2D eigenvalue weighted by Crippen LogP contribution is 2.23. The van der Waals surface area contributed by atoms with E-state index in [0.29, 0.717) is 18.9 Å². The van der Waals surface area contributed by atoms with Gasteiger partial charge in [-0.1, -0.05) is 0 Å². The number of morpholine rings is 1. The lowest BCUT2D eigenvalue weighted by Crippen LogP contribution is -2.45. The molecule has 0 radical (unpaired) electrons. The number of ether oxygens (including phenoxy) is 1. The first-order valence-electron chi connectivity index (χ1n) is 9.24. The molecule has 156 valence electrons. The summed E-state index contributed by atoms with van der Waals surface area (Å²) in [5.41, 5.74) is 1.81. The third-order valence-corrected chi connectivity index (χ3v) is 5.92. The van der Waals surface area contributed by atoms with Gasteiger partial charge in [0.1, 0.15) is 11.9 Å². The molecule has 1 amide bonds. The van der Waals surface area contributed by atoms with Gasteiger partial charge in [0, 0.05) is 24.5 Å². The Balaban J connectivity index is 1.73. The smallest absolute Gasteiger partial charge is 0.247 e. The van der Waals surface area contributed by atoms with Crippen LogP contribution in [0, 0.1) is 5.82 Å². The molecule has 0 bridgehead atoms. The van der Waals surface area contributed by atoms with E-state index in [-0.39, 0.29) is 5.69 Å². The zero-order chi connectivity index (χ0) is 21.0. The van der Waals surface area contributed by atoms with Crippen molar-refractivity contribution in [3.05, 3.63) is 54.3 Å². The fraction of sp³-hybridized carbons (Fsp3) is 0.350. The minimum absolute atomic E-state index is 0.221. The number of amides is 1. The van der Waals surface area contributed by atoms with Gasteiger partial charge in [-0.3, -0.25) is 9.10 Å². The van der Waals surface area contributed by atoms with Crippen LogP contribution >= 0.6 is 0 Å². The highest BCUT2D eigenvalue weighted by Gasteiger charge is 2.29. The highest BCUT2D eigenvalue weighted by atomic mass is 32.2. The molecule has 0 saturated carbocycles. The Morgan fingerprint density at radius 1 is 1.10 bits per heavy atom. The Morgan fingerprint density at radius 3 is 2.24 bits per heavy atom. The van der Waals surface area contributed by atoms with Crippen LogP contribution in [0.2, 0.25) is 0 Å². The maximum Gasteiger partial charge on any atom is 0.247 e. The summed E-state index contributed by atoms with van der Waals surface area (Å²) in [5.74, 6) is -0.974. The van der Waals surface area contributed by atoms with Crippen LogP contribution in [0.3, 0.4) is 0 Å². The summed E-state index contributed by atoms with van der Waals surface area (Å²) in [4.78, 5) is 14.9. The number of halogens is 1. The van der Waals surface area contributed by atoms with Gasteiger partial charge in [0.15, 0.2) is 0 Å². The summed E-state index contributed by atoms with van der Waals surface area (Å²) in [6.45, 7) is 4.47. The van der Waals surface area contributed by atoms with Crippen LogP contribution in [-0.4, -0.2) is 52.9 Å². The molecule has 1 fully saturated rings. The Morgan fingerprint density at radius 2 is 1.69 bits per heavy atom. The van der Waals surface area contributed by atoms with Gasteiger partial charge in [-0.05, 0) is 55.5 Å². The Kier molecular flexibility index (Phi) is 6.39. The second-order valence-corrected chi connectivity index (χ2v) is 8.71. The van der Waals surface area contributed by atoms with Crippen molar-refractivity contribution in [3.63, 3.8) is 0 Å². The molecule has 1 heterocycles. The number of benzene rings is 2. The maximum atomic E-state index is 13.2. The molecule has 7 nitrogen and oxygen atoms in total. The number of anilines is 3. The molecular formula is C20H24FN3O4S. The average Bonchev–Trinajstić information content (AvgIpc) is 2.70. The molecule has 2 aromatic rings. The third kappa shape index (κ3) is 5.24. The molecule has 1 aliphatic heterocycles. The van der Waals surface area contributed by atoms with Crippen LogP contribution in [0.25, 0.3) is 0 Å². The standard InChI is InChI=1S/C20H24FN3O4S/c1-15(24(29(2,26)27)19-7-3-16(21)4-8-19)20(25)22-17-5-9-18(10-6-17)23-11-13-28-14-12-23/h3-10,15H,11-14H2,1-2H3,(H,22,25). The van der Waals surface area contributed by atoms with E-state index >= 15 is 0 Å². The summed E-state index contributed by atoms with van der Waals surface area (Å²) >= 11 is 0. The highest BCUT2D eigenvalue weighted by molar-refractivity contribution is 7.92. The third-order valence-electron chi connectivity index (χ3n) is 4.68. The fourth-order valence-corrected chi connectivity index (χ4v) is 4.40. The molecule has 1 N–H and O–H groups in total. The van der Waals surface area contributed by atoms with Gasteiger partial charge in [-0.15, -0.1) is 0 Å². The van der Waals surface area contributed by atoms with Gasteiger partial charge in [-0.25, -0.2) is 12.8 Å². The number of hydrogen-bond acceptors (Lipinski definition) is 5. The zero-order valence-corrected chi connectivity index (χ0v) is 17.2. The summed E-state index contributed by atoms with van der Waals surface area (Å²) in [5, 5.41) is 2.74. The second kappa shape index (κ2) is 8.79. The average molecular weight is 421 g/mol. The van der Waals surface area contributed by atoms with E-state index in [1.54, 1.807) is 12.1 Å². The van der Waals surface area contributed by atoms with Crippen molar-refractivity contribution in [2.24, 2.45) is 0 Å². The predicted octanol–water partition coefficient (Wildman–Crippen LogP) is 2.46. The molecule has 0 aromatic heterocycles. The Bertz CT molecular complexity index is 943. The normalized spacial score (nSPS) is 15.6. The number of carbonyl (C=O) groups excluding carboxylic acids is 1. The summed E-state index contributed by atoms with van der Waals surface area (Å²) in [6.07, 6.45) is 1.01. The van der Waals surface area contributed by atoms with Crippen LogP contribution in [0.4, 0.5) is 21.5 Å². The predicted molar refractivity (Wildman–Crippen MR) is 111 cm³/mol. The van der Waals surface area contributed by atoms with E-state index in [1.165, 1.54) is 19.1 Å². The molecule has 1 aliphatic rings. The van der Waals surface area contributed by atoms with Gasteiger partial charge in [0.05, 0.1) is 25.2 Å². The van der Waals surface area contributed by atoms with Gasteiger partial charge < -0.3 is 15.0 Å². The van der Waals surface area contributed by atoms with E-state index in [2.05, 4.69) is 10.2 Å². The van der Waals surface area contributed by atoms with Gasteiger partial charge in [0.2, 0.25) is 15.9 Å². The SMILES string of the molecule is CC(C(=O)Nc1ccc(N2CCOCC2)cc1)N(c1ccc(F)cc1)S(C)(=O)=O. The Labute approximate surface area is 170 Å². The molecule has 2 aromatic carbocycles. The lowest BCUT2D eigenvalue weighted by Gasteiger charge is -2.29. The molecule has 9 heteroatoms. The maximum absolute atomic E-state index is 13.2. The lowest BCUT2D eigenvalue weighted by molar-refractivity contribution is -0.116. The van der Waals surface area contributed by atoms with E-state index in [0.717, 1.165) is 41.5 Å². The van der Waals surface area contributed by atoms with Crippen LogP contribution in [0.1, 0.15) is 6.92 Å². The summed E-state index contributed by atoms with van der Waals surface area (Å²) in [6, 6.07) is 11.3. The molecule has 29 heavy (non-hydrogen) atoms. The van der Waals surface area contributed by atoms with Crippen molar-refractivity contribution in [1.29, 1.82) is 0 Å². The number of nitrogens with one attached hydrogen (secondary N) is 1. The lowest BCUT2D eigenvalue weighted by atomic mass is 10.2. The van der Waals surface area contributed by atoms with Crippen molar-refractivity contribution in [2.75, 3.05) is 47.1 Å². The van der Waals surface area contributed by atoms with Gasteiger partial charge in [0.25, 0.3) is 0 Å². The van der Waals surface area contributed by atoms with E-state index in [9.17, 15) is 17.6 Å². The quantitative estimate of drug-likeness (QED) is 0.775. The van der Waals surface area contributed by atoms with Crippen molar-refractivity contribution < 1.29 is 22.3 Å². The van der Waals surface area contributed by atoms with Gasteiger partial charge >= 0.3 is 0 Å². The number of hydrogen-bond donors (Lipinski definition) is 1. The zero-order valence-electron chi connectivity index (χ0n) is 16.3. The first-order chi connectivity index (χ1) is 13.8. The molecule has 0 spiro atoms. The number of carbonyl (C=O) groups is 1. The molecule has 0 aliphatic carbocycles. The van der Waals surface area contributed by atoms with E-state index in [1.807, 2.05) is 12.1 Å². The van der Waals surface area contributed by atoms with Crippen LogP contribution < -0.4 is 14.5 Å². The van der Waals surface area contributed by atoms with Crippen molar-refractivity contribution in [3.8, 4) is 0 Å². The van der Waals surface area contributed by atoms with Crippen molar-refractivity contribution in [1.82, 2.24) is 0 Å². The van der Waals surface area contributed by atoms with Crippen molar-refractivity contribution in [2.45, 2.75) is 13.0 Å².